The summed E-state index contributed by atoms with van der Waals surface area (Å²) in [5.41, 5.74) is 1.02. The van der Waals surface area contributed by atoms with Crippen molar-refractivity contribution in [3.63, 3.8) is 0 Å². The minimum atomic E-state index is -0.675. The van der Waals surface area contributed by atoms with Crippen LogP contribution in [0.25, 0.3) is 0 Å². The van der Waals surface area contributed by atoms with E-state index in [9.17, 15) is 4.79 Å². The molecule has 2 unspecified atom stereocenters. The van der Waals surface area contributed by atoms with Gasteiger partial charge >= 0.3 is 5.97 Å². The number of halogens is 1. The zero-order chi connectivity index (χ0) is 10.3. The maximum atomic E-state index is 10.8. The maximum Gasteiger partial charge on any atom is 0.307 e. The Kier molecular flexibility index (Phi) is 2.29. The molecule has 1 saturated carbocycles. The van der Waals surface area contributed by atoms with E-state index in [1.165, 1.54) is 3.57 Å². The normalized spacial score (nSPS) is 30.0. The van der Waals surface area contributed by atoms with Gasteiger partial charge in [0.25, 0.3) is 0 Å². The summed E-state index contributed by atoms with van der Waals surface area (Å²) >= 11 is 2.25. The van der Waals surface area contributed by atoms with Gasteiger partial charge in [-0.2, -0.15) is 0 Å². The number of carboxylic acids is 1. The van der Waals surface area contributed by atoms with E-state index in [4.69, 9.17) is 5.11 Å². The van der Waals surface area contributed by atoms with Crippen molar-refractivity contribution in [2.45, 2.75) is 18.8 Å². The molecule has 1 aliphatic carbocycles. The highest BCUT2D eigenvalue weighted by Gasteiger charge is 2.55. The van der Waals surface area contributed by atoms with Crippen molar-refractivity contribution < 1.29 is 9.90 Å². The molecule has 2 rings (SSSR count). The van der Waals surface area contributed by atoms with Gasteiger partial charge in [0.1, 0.15) is 0 Å². The molecule has 0 heterocycles. The third-order valence-electron chi connectivity index (χ3n) is 3.04. The summed E-state index contributed by atoms with van der Waals surface area (Å²) in [6, 6.07) is 8.12. The Bertz CT molecular complexity index is 371. The van der Waals surface area contributed by atoms with Crippen LogP contribution in [0, 0.1) is 9.49 Å². The second-order valence-electron chi connectivity index (χ2n) is 4.02. The number of carbonyl (C=O) groups is 1. The number of hydrogen-bond donors (Lipinski definition) is 1. The number of hydrogen-bond acceptors (Lipinski definition) is 1. The molecule has 74 valence electrons. The first kappa shape index (κ1) is 9.96. The molecular weight excluding hydrogens is 291 g/mol. The zero-order valence-corrected chi connectivity index (χ0v) is 9.98. The molecule has 1 N–H and O–H groups in total. The molecular formula is C11H11IO2. The van der Waals surface area contributed by atoms with E-state index in [2.05, 4.69) is 22.6 Å². The van der Waals surface area contributed by atoms with Crippen LogP contribution in [0.3, 0.4) is 0 Å². The van der Waals surface area contributed by atoms with Crippen molar-refractivity contribution in [2.24, 2.45) is 5.92 Å². The molecule has 0 saturated heterocycles. The Morgan fingerprint density at radius 2 is 2.07 bits per heavy atom. The number of carboxylic acid groups (broad SMARTS) is 1. The minimum absolute atomic E-state index is 0.129. The van der Waals surface area contributed by atoms with Gasteiger partial charge in [-0.05, 0) is 46.7 Å². The molecule has 1 aromatic carbocycles. The van der Waals surface area contributed by atoms with E-state index < -0.39 is 5.97 Å². The van der Waals surface area contributed by atoms with E-state index in [1.54, 1.807) is 0 Å². The van der Waals surface area contributed by atoms with Crippen LogP contribution in [-0.4, -0.2) is 11.1 Å². The van der Waals surface area contributed by atoms with Crippen LogP contribution < -0.4 is 0 Å². The summed E-state index contributed by atoms with van der Waals surface area (Å²) in [5, 5.41) is 8.90. The second kappa shape index (κ2) is 3.22. The van der Waals surface area contributed by atoms with Gasteiger partial charge < -0.3 is 5.11 Å². The fourth-order valence-electron chi connectivity index (χ4n) is 1.87. The Balaban J connectivity index is 2.25. The number of rotatable bonds is 2. The Labute approximate surface area is 96.5 Å². The third-order valence-corrected chi connectivity index (χ3v) is 3.76. The lowest BCUT2D eigenvalue weighted by Crippen LogP contribution is -2.10. The summed E-state index contributed by atoms with van der Waals surface area (Å²) < 4.78 is 1.18. The maximum absolute atomic E-state index is 10.8. The second-order valence-corrected chi connectivity index (χ2v) is 5.26. The zero-order valence-electron chi connectivity index (χ0n) is 7.83. The van der Waals surface area contributed by atoms with Gasteiger partial charge in [0, 0.05) is 8.99 Å². The summed E-state index contributed by atoms with van der Waals surface area (Å²) in [6.07, 6.45) is 0.767. The molecule has 14 heavy (non-hydrogen) atoms. The van der Waals surface area contributed by atoms with E-state index in [-0.39, 0.29) is 11.3 Å². The summed E-state index contributed by atoms with van der Waals surface area (Å²) in [6.45, 7) is 2.02. The highest BCUT2D eigenvalue weighted by atomic mass is 127. The topological polar surface area (TPSA) is 37.3 Å². The molecule has 1 fully saturated rings. The van der Waals surface area contributed by atoms with E-state index in [0.29, 0.717) is 0 Å². The van der Waals surface area contributed by atoms with Crippen LogP contribution in [-0.2, 0) is 10.2 Å². The molecule has 0 aromatic heterocycles. The first-order chi connectivity index (χ1) is 6.54. The van der Waals surface area contributed by atoms with Crippen LogP contribution >= 0.6 is 22.6 Å². The summed E-state index contributed by atoms with van der Waals surface area (Å²) in [7, 11) is 0. The van der Waals surface area contributed by atoms with E-state index in [1.807, 2.05) is 31.2 Å². The fourth-order valence-corrected chi connectivity index (χ4v) is 2.23. The third kappa shape index (κ3) is 1.54. The highest BCUT2D eigenvalue weighted by Crippen LogP contribution is 2.53. The highest BCUT2D eigenvalue weighted by molar-refractivity contribution is 14.1. The SMILES string of the molecule is CC1(c2ccc(I)cc2)CC1C(=O)O. The van der Waals surface area contributed by atoms with Gasteiger partial charge in [-0.15, -0.1) is 0 Å². The Morgan fingerprint density at radius 3 is 2.50 bits per heavy atom. The van der Waals surface area contributed by atoms with Crippen molar-refractivity contribution in [3.05, 3.63) is 33.4 Å². The average molecular weight is 302 g/mol. The van der Waals surface area contributed by atoms with Crippen LogP contribution in [0.15, 0.2) is 24.3 Å². The molecule has 1 aliphatic rings. The van der Waals surface area contributed by atoms with Crippen LogP contribution in [0.5, 0.6) is 0 Å². The average Bonchev–Trinajstić information content (AvgIpc) is 2.80. The predicted octanol–water partition coefficient (Wildman–Crippen LogP) is 2.65. The fraction of sp³-hybridized carbons (Fsp3) is 0.364. The Hall–Kier alpha value is -0.580. The molecule has 0 spiro atoms. The smallest absolute Gasteiger partial charge is 0.307 e. The van der Waals surface area contributed by atoms with Crippen molar-refractivity contribution in [1.29, 1.82) is 0 Å². The number of aliphatic carboxylic acids is 1. The molecule has 3 heteroatoms. The van der Waals surface area contributed by atoms with Gasteiger partial charge in [0.15, 0.2) is 0 Å². The van der Waals surface area contributed by atoms with Gasteiger partial charge in [-0.1, -0.05) is 19.1 Å². The quantitative estimate of drug-likeness (QED) is 0.853. The Morgan fingerprint density at radius 1 is 1.50 bits per heavy atom. The molecule has 1 aromatic rings. The van der Waals surface area contributed by atoms with Gasteiger partial charge in [-0.3, -0.25) is 4.79 Å². The van der Waals surface area contributed by atoms with Crippen molar-refractivity contribution in [3.8, 4) is 0 Å². The van der Waals surface area contributed by atoms with Crippen molar-refractivity contribution >= 4 is 28.6 Å². The monoisotopic (exact) mass is 302 g/mol. The lowest BCUT2D eigenvalue weighted by Gasteiger charge is -2.09. The molecule has 0 aliphatic heterocycles. The van der Waals surface area contributed by atoms with Crippen LogP contribution in [0.2, 0.25) is 0 Å². The molecule has 0 bridgehead atoms. The number of benzene rings is 1. The molecule has 0 amide bonds. The first-order valence-corrected chi connectivity index (χ1v) is 5.61. The lowest BCUT2D eigenvalue weighted by atomic mass is 9.96. The van der Waals surface area contributed by atoms with E-state index >= 15 is 0 Å². The largest absolute Gasteiger partial charge is 0.481 e. The first-order valence-electron chi connectivity index (χ1n) is 4.53. The lowest BCUT2D eigenvalue weighted by molar-refractivity contribution is -0.138. The predicted molar refractivity (Wildman–Crippen MR) is 62.3 cm³/mol. The molecule has 0 radical (unpaired) electrons. The van der Waals surface area contributed by atoms with Crippen molar-refractivity contribution in [2.75, 3.05) is 0 Å². The molecule has 2 atom stereocenters. The van der Waals surface area contributed by atoms with Crippen LogP contribution in [0.1, 0.15) is 18.9 Å². The minimum Gasteiger partial charge on any atom is -0.481 e. The van der Waals surface area contributed by atoms with Gasteiger partial charge in [-0.25, -0.2) is 0 Å². The molecule has 2 nitrogen and oxygen atoms in total. The van der Waals surface area contributed by atoms with E-state index in [0.717, 1.165) is 12.0 Å². The van der Waals surface area contributed by atoms with Gasteiger partial charge in [0.05, 0.1) is 5.92 Å². The standard InChI is InChI=1S/C11H11IO2/c1-11(6-9(11)10(13)14)7-2-4-8(12)5-3-7/h2-5,9H,6H2,1H3,(H,13,14). The van der Waals surface area contributed by atoms with Crippen LogP contribution in [0.4, 0.5) is 0 Å². The van der Waals surface area contributed by atoms with Gasteiger partial charge in [0.2, 0.25) is 0 Å². The van der Waals surface area contributed by atoms with Crippen molar-refractivity contribution in [1.82, 2.24) is 0 Å². The summed E-state index contributed by atoms with van der Waals surface area (Å²) in [5.74, 6) is -0.867. The summed E-state index contributed by atoms with van der Waals surface area (Å²) in [4.78, 5) is 10.8.